The van der Waals surface area contributed by atoms with Crippen molar-refractivity contribution < 1.29 is 14.6 Å². The predicted molar refractivity (Wildman–Crippen MR) is 57.4 cm³/mol. The van der Waals surface area contributed by atoms with Gasteiger partial charge < -0.3 is 9.84 Å². The zero-order valence-electron chi connectivity index (χ0n) is 9.13. The van der Waals surface area contributed by atoms with Crippen LogP contribution in [0.4, 0.5) is 0 Å². The van der Waals surface area contributed by atoms with Crippen LogP contribution in [0.5, 0.6) is 5.75 Å². The average Bonchev–Trinajstić information content (AvgIpc) is 2.87. The van der Waals surface area contributed by atoms with Gasteiger partial charge in [0.2, 0.25) is 0 Å². The van der Waals surface area contributed by atoms with Crippen LogP contribution >= 0.6 is 0 Å². The van der Waals surface area contributed by atoms with Crippen molar-refractivity contribution in [1.29, 1.82) is 0 Å². The van der Waals surface area contributed by atoms with E-state index < -0.39 is 5.97 Å². The maximum Gasteiger partial charge on any atom is 0.305 e. The Morgan fingerprint density at radius 1 is 1.56 bits per heavy atom. The number of aryl methyl sites for hydroxylation is 1. The number of aromatic nitrogens is 2. The molecule has 0 atom stereocenters. The topological polar surface area (TPSA) is 64.3 Å². The molecule has 1 N–H and O–H groups in total. The molecule has 16 heavy (non-hydrogen) atoms. The van der Waals surface area contributed by atoms with Gasteiger partial charge in [-0.25, -0.2) is 0 Å². The van der Waals surface area contributed by atoms with E-state index in [1.807, 2.05) is 0 Å². The van der Waals surface area contributed by atoms with E-state index in [1.54, 1.807) is 17.1 Å². The van der Waals surface area contributed by atoms with Crippen LogP contribution in [0.1, 0.15) is 32.1 Å². The van der Waals surface area contributed by atoms with Crippen molar-refractivity contribution in [2.24, 2.45) is 0 Å². The summed E-state index contributed by atoms with van der Waals surface area (Å²) in [5.74, 6) is -0.0638. The van der Waals surface area contributed by atoms with Crippen LogP contribution in [0.25, 0.3) is 0 Å². The van der Waals surface area contributed by atoms with E-state index in [-0.39, 0.29) is 6.42 Å². The second kappa shape index (κ2) is 5.01. The molecule has 0 amide bonds. The van der Waals surface area contributed by atoms with Crippen LogP contribution in [0.3, 0.4) is 0 Å². The Hall–Kier alpha value is -1.52. The molecule has 5 nitrogen and oxygen atoms in total. The molecular formula is C11H16N2O3. The molecule has 0 saturated heterocycles. The zero-order chi connectivity index (χ0) is 11.4. The van der Waals surface area contributed by atoms with Crippen LogP contribution in [-0.4, -0.2) is 27.0 Å². The molecule has 88 valence electrons. The van der Waals surface area contributed by atoms with Crippen molar-refractivity contribution in [2.75, 3.05) is 0 Å². The van der Waals surface area contributed by atoms with E-state index in [0.29, 0.717) is 12.6 Å². The zero-order valence-corrected chi connectivity index (χ0v) is 9.13. The highest BCUT2D eigenvalue weighted by atomic mass is 16.5. The van der Waals surface area contributed by atoms with Gasteiger partial charge in [0, 0.05) is 0 Å². The molecule has 0 unspecified atom stereocenters. The van der Waals surface area contributed by atoms with Crippen molar-refractivity contribution >= 4 is 5.97 Å². The smallest absolute Gasteiger partial charge is 0.305 e. The molecule has 1 aromatic rings. The normalized spacial score (nSPS) is 16.5. The number of rotatable bonds is 5. The number of carboxylic acid groups (broad SMARTS) is 1. The molecular weight excluding hydrogens is 208 g/mol. The fourth-order valence-corrected chi connectivity index (χ4v) is 1.94. The maximum atomic E-state index is 10.4. The molecule has 0 radical (unpaired) electrons. The maximum absolute atomic E-state index is 10.4. The molecule has 0 bridgehead atoms. The van der Waals surface area contributed by atoms with Crippen LogP contribution in [0.2, 0.25) is 0 Å². The number of hydrogen-bond acceptors (Lipinski definition) is 3. The third kappa shape index (κ3) is 2.98. The number of aliphatic carboxylic acids is 1. The van der Waals surface area contributed by atoms with Crippen LogP contribution in [-0.2, 0) is 11.3 Å². The Kier molecular flexibility index (Phi) is 3.44. The summed E-state index contributed by atoms with van der Waals surface area (Å²) in [7, 11) is 0. The molecule has 1 aliphatic rings. The number of carboxylic acids is 1. The SMILES string of the molecule is O=C(O)CCn1cc(OC2CCCC2)cn1. The van der Waals surface area contributed by atoms with Gasteiger partial charge in [0.05, 0.1) is 31.5 Å². The van der Waals surface area contributed by atoms with Crippen molar-refractivity contribution in [3.05, 3.63) is 12.4 Å². The largest absolute Gasteiger partial charge is 0.487 e. The van der Waals surface area contributed by atoms with E-state index in [1.165, 1.54) is 12.8 Å². The summed E-state index contributed by atoms with van der Waals surface area (Å²) in [6, 6.07) is 0. The lowest BCUT2D eigenvalue weighted by atomic mass is 10.3. The summed E-state index contributed by atoms with van der Waals surface area (Å²) in [6.45, 7) is 0.392. The van der Waals surface area contributed by atoms with Gasteiger partial charge in [-0.15, -0.1) is 0 Å². The van der Waals surface area contributed by atoms with E-state index in [9.17, 15) is 4.79 Å². The number of carbonyl (C=O) groups is 1. The molecule has 2 rings (SSSR count). The first-order valence-electron chi connectivity index (χ1n) is 5.65. The van der Waals surface area contributed by atoms with Gasteiger partial charge in [0.1, 0.15) is 0 Å². The highest BCUT2D eigenvalue weighted by Gasteiger charge is 2.17. The number of hydrogen-bond donors (Lipinski definition) is 1. The monoisotopic (exact) mass is 224 g/mol. The first-order valence-corrected chi connectivity index (χ1v) is 5.65. The highest BCUT2D eigenvalue weighted by molar-refractivity contribution is 5.66. The summed E-state index contributed by atoms with van der Waals surface area (Å²) < 4.78 is 7.34. The Morgan fingerprint density at radius 2 is 2.31 bits per heavy atom. The van der Waals surface area contributed by atoms with E-state index in [2.05, 4.69) is 5.10 Å². The van der Waals surface area contributed by atoms with Crippen molar-refractivity contribution in [2.45, 2.75) is 44.8 Å². The molecule has 1 heterocycles. The number of nitrogens with zero attached hydrogens (tertiary/aromatic N) is 2. The van der Waals surface area contributed by atoms with Crippen LogP contribution in [0.15, 0.2) is 12.4 Å². The lowest BCUT2D eigenvalue weighted by Gasteiger charge is -2.09. The second-order valence-corrected chi connectivity index (χ2v) is 4.11. The van der Waals surface area contributed by atoms with Gasteiger partial charge in [-0.3, -0.25) is 9.48 Å². The summed E-state index contributed by atoms with van der Waals surface area (Å²) in [6.07, 6.45) is 8.51. The van der Waals surface area contributed by atoms with E-state index in [4.69, 9.17) is 9.84 Å². The molecule has 0 spiro atoms. The second-order valence-electron chi connectivity index (χ2n) is 4.11. The Balaban J connectivity index is 1.84. The van der Waals surface area contributed by atoms with Gasteiger partial charge in [-0.05, 0) is 25.7 Å². The molecule has 1 fully saturated rings. The van der Waals surface area contributed by atoms with Crippen molar-refractivity contribution in [3.63, 3.8) is 0 Å². The molecule has 1 aromatic heterocycles. The summed E-state index contributed by atoms with van der Waals surface area (Å²) in [4.78, 5) is 10.4. The molecule has 0 aromatic carbocycles. The van der Waals surface area contributed by atoms with Gasteiger partial charge in [0.25, 0.3) is 0 Å². The van der Waals surface area contributed by atoms with Gasteiger partial charge >= 0.3 is 5.97 Å². The third-order valence-electron chi connectivity index (χ3n) is 2.77. The minimum absolute atomic E-state index is 0.0878. The molecule has 0 aliphatic heterocycles. The quantitative estimate of drug-likeness (QED) is 0.826. The van der Waals surface area contributed by atoms with Gasteiger partial charge in [0.15, 0.2) is 5.75 Å². The first-order chi connectivity index (χ1) is 7.74. The first kappa shape index (κ1) is 11.0. The minimum Gasteiger partial charge on any atom is -0.487 e. The van der Waals surface area contributed by atoms with Gasteiger partial charge in [-0.1, -0.05) is 0 Å². The van der Waals surface area contributed by atoms with Crippen LogP contribution in [0, 0.1) is 0 Å². The van der Waals surface area contributed by atoms with E-state index >= 15 is 0 Å². The standard InChI is InChI=1S/C11H16N2O3/c14-11(15)5-6-13-8-10(7-12-13)16-9-3-1-2-4-9/h7-9H,1-6H2,(H,14,15). The van der Waals surface area contributed by atoms with Crippen molar-refractivity contribution in [1.82, 2.24) is 9.78 Å². The van der Waals surface area contributed by atoms with Gasteiger partial charge in [-0.2, -0.15) is 5.10 Å². The highest BCUT2D eigenvalue weighted by Crippen LogP contribution is 2.23. The Labute approximate surface area is 94.0 Å². The minimum atomic E-state index is -0.811. The molecule has 5 heteroatoms. The van der Waals surface area contributed by atoms with Crippen molar-refractivity contribution in [3.8, 4) is 5.75 Å². The fraction of sp³-hybridized carbons (Fsp3) is 0.636. The lowest BCUT2D eigenvalue weighted by molar-refractivity contribution is -0.137. The summed E-state index contributed by atoms with van der Waals surface area (Å²) in [5.41, 5.74) is 0. The predicted octanol–water partition coefficient (Wildman–Crippen LogP) is 1.68. The summed E-state index contributed by atoms with van der Waals surface area (Å²) in [5, 5.41) is 12.6. The molecule has 1 aliphatic carbocycles. The Bertz CT molecular complexity index is 356. The van der Waals surface area contributed by atoms with E-state index in [0.717, 1.165) is 18.6 Å². The average molecular weight is 224 g/mol. The lowest BCUT2D eigenvalue weighted by Crippen LogP contribution is -2.10. The number of ether oxygens (including phenoxy) is 1. The Morgan fingerprint density at radius 3 is 3.00 bits per heavy atom. The molecule has 1 saturated carbocycles. The van der Waals surface area contributed by atoms with Crippen LogP contribution < -0.4 is 4.74 Å². The fourth-order valence-electron chi connectivity index (χ4n) is 1.94. The third-order valence-corrected chi connectivity index (χ3v) is 2.77. The summed E-state index contributed by atoms with van der Waals surface area (Å²) >= 11 is 0.